The molecule has 0 saturated heterocycles. The topological polar surface area (TPSA) is 66.8 Å². The SMILES string of the molecule is CC.CC(C)C.CC1CC2(O)CC(C)(O)CC(OC=O)(C1)C2. The van der Waals surface area contributed by atoms with E-state index in [2.05, 4.69) is 20.8 Å². The van der Waals surface area contributed by atoms with Gasteiger partial charge in [-0.15, -0.1) is 0 Å². The van der Waals surface area contributed by atoms with E-state index in [1.165, 1.54) is 0 Å². The third-order valence-electron chi connectivity index (χ3n) is 3.81. The van der Waals surface area contributed by atoms with E-state index < -0.39 is 16.8 Å². The van der Waals surface area contributed by atoms with Gasteiger partial charge in [0.15, 0.2) is 0 Å². The molecule has 0 amide bonds. The maximum Gasteiger partial charge on any atom is 0.293 e. The molecular formula is C18H36O4. The molecular weight excluding hydrogens is 280 g/mol. The Balaban J connectivity index is 0.000000640. The summed E-state index contributed by atoms with van der Waals surface area (Å²) in [6, 6.07) is 0. The summed E-state index contributed by atoms with van der Waals surface area (Å²) in [7, 11) is 0. The lowest BCUT2D eigenvalue weighted by Crippen LogP contribution is -2.60. The molecule has 4 heteroatoms. The van der Waals surface area contributed by atoms with Crippen LogP contribution in [0.2, 0.25) is 0 Å². The molecule has 4 atom stereocenters. The van der Waals surface area contributed by atoms with Crippen LogP contribution in [0, 0.1) is 11.8 Å². The number of ether oxygens (including phenoxy) is 1. The number of hydrogen-bond donors (Lipinski definition) is 2. The predicted octanol–water partition coefficient (Wildman–Crippen LogP) is 3.68. The lowest BCUT2D eigenvalue weighted by Gasteiger charge is -2.55. The standard InChI is InChI=1S/C12H20O4.C4H10.C2H6/c1-9-3-11(15)5-10(2,14)6-12(4-9,7-11)16-8-13;1-4(2)3;1-2/h8-9,14-15H,3-7H2,1-2H3;4H,1-3H3;1-2H3. The van der Waals surface area contributed by atoms with Crippen molar-refractivity contribution in [1.82, 2.24) is 0 Å². The van der Waals surface area contributed by atoms with Gasteiger partial charge >= 0.3 is 0 Å². The zero-order valence-electron chi connectivity index (χ0n) is 15.5. The van der Waals surface area contributed by atoms with Gasteiger partial charge in [-0.2, -0.15) is 0 Å². The molecule has 22 heavy (non-hydrogen) atoms. The van der Waals surface area contributed by atoms with Crippen LogP contribution in [0.5, 0.6) is 0 Å². The highest BCUT2D eigenvalue weighted by Gasteiger charge is 2.57. The van der Waals surface area contributed by atoms with Gasteiger partial charge in [0.2, 0.25) is 0 Å². The van der Waals surface area contributed by atoms with Crippen LogP contribution in [0.25, 0.3) is 0 Å². The minimum Gasteiger partial charge on any atom is -0.461 e. The molecule has 2 aliphatic rings. The van der Waals surface area contributed by atoms with Crippen LogP contribution in [0.3, 0.4) is 0 Å². The van der Waals surface area contributed by atoms with Crippen LogP contribution in [0.15, 0.2) is 0 Å². The van der Waals surface area contributed by atoms with Gasteiger partial charge in [0.1, 0.15) is 5.60 Å². The van der Waals surface area contributed by atoms with Crippen LogP contribution in [-0.2, 0) is 9.53 Å². The molecule has 0 aromatic heterocycles. The number of carbonyl (C=O) groups excluding carboxylic acids is 1. The Morgan fingerprint density at radius 3 is 2.05 bits per heavy atom. The summed E-state index contributed by atoms with van der Waals surface area (Å²) in [5.41, 5.74) is -2.51. The zero-order valence-corrected chi connectivity index (χ0v) is 15.5. The Morgan fingerprint density at radius 2 is 1.59 bits per heavy atom. The Kier molecular flexibility index (Phi) is 8.07. The fourth-order valence-corrected chi connectivity index (χ4v) is 4.07. The lowest BCUT2D eigenvalue weighted by molar-refractivity contribution is -0.216. The van der Waals surface area contributed by atoms with Gasteiger partial charge in [0.05, 0.1) is 11.2 Å². The van der Waals surface area contributed by atoms with Gasteiger partial charge < -0.3 is 14.9 Å². The smallest absolute Gasteiger partial charge is 0.293 e. The normalized spacial score (nSPS) is 39.8. The molecule has 4 unspecified atom stereocenters. The van der Waals surface area contributed by atoms with Crippen molar-refractivity contribution < 1.29 is 19.7 Å². The van der Waals surface area contributed by atoms with Crippen molar-refractivity contribution in [3.63, 3.8) is 0 Å². The maximum absolute atomic E-state index is 10.6. The molecule has 132 valence electrons. The first kappa shape index (κ1) is 21.4. The van der Waals surface area contributed by atoms with E-state index in [0.717, 1.165) is 12.3 Å². The van der Waals surface area contributed by atoms with E-state index >= 15 is 0 Å². The molecule has 2 bridgehead atoms. The number of rotatable bonds is 2. The molecule has 0 radical (unpaired) electrons. The lowest BCUT2D eigenvalue weighted by atomic mass is 9.59. The molecule has 0 spiro atoms. The summed E-state index contributed by atoms with van der Waals surface area (Å²) in [5, 5.41) is 20.6. The third-order valence-corrected chi connectivity index (χ3v) is 3.81. The fraction of sp³-hybridized carbons (Fsp3) is 0.944. The first-order valence-electron chi connectivity index (χ1n) is 8.58. The van der Waals surface area contributed by atoms with Crippen LogP contribution in [0.4, 0.5) is 0 Å². The van der Waals surface area contributed by atoms with Gasteiger partial charge in [-0.05, 0) is 31.6 Å². The molecule has 2 aliphatic carbocycles. The highest BCUT2D eigenvalue weighted by molar-refractivity contribution is 5.39. The van der Waals surface area contributed by atoms with Crippen LogP contribution < -0.4 is 0 Å². The van der Waals surface area contributed by atoms with Gasteiger partial charge in [0.25, 0.3) is 6.47 Å². The maximum atomic E-state index is 10.6. The van der Waals surface area contributed by atoms with Crippen molar-refractivity contribution in [3.8, 4) is 0 Å². The molecule has 2 fully saturated rings. The molecule has 0 aromatic carbocycles. The van der Waals surface area contributed by atoms with Gasteiger partial charge in [0, 0.05) is 19.3 Å². The van der Waals surface area contributed by atoms with E-state index in [1.54, 1.807) is 6.92 Å². The third kappa shape index (κ3) is 6.66. The zero-order chi connectivity index (χ0) is 17.6. The van der Waals surface area contributed by atoms with Gasteiger partial charge in [-0.3, -0.25) is 4.79 Å². The number of fused-ring (bicyclic) bond motifs is 2. The summed E-state index contributed by atoms with van der Waals surface area (Å²) in [5.74, 6) is 1.15. The minimum atomic E-state index is -0.948. The first-order chi connectivity index (χ1) is 10.0. The largest absolute Gasteiger partial charge is 0.461 e. The summed E-state index contributed by atoms with van der Waals surface area (Å²) in [4.78, 5) is 10.6. The van der Waals surface area contributed by atoms with Gasteiger partial charge in [-0.1, -0.05) is 41.5 Å². The van der Waals surface area contributed by atoms with Crippen molar-refractivity contribution >= 4 is 6.47 Å². The molecule has 0 heterocycles. The summed E-state index contributed by atoms with van der Waals surface area (Å²) in [6.07, 6.45) is 2.65. The molecule has 4 nitrogen and oxygen atoms in total. The highest BCUT2D eigenvalue weighted by Crippen LogP contribution is 2.52. The molecule has 2 N–H and O–H groups in total. The van der Waals surface area contributed by atoms with E-state index in [4.69, 9.17) is 4.74 Å². The Hall–Kier alpha value is -0.610. The van der Waals surface area contributed by atoms with Crippen LogP contribution in [0.1, 0.15) is 80.6 Å². The monoisotopic (exact) mass is 316 g/mol. The van der Waals surface area contributed by atoms with Gasteiger partial charge in [-0.25, -0.2) is 0 Å². The first-order valence-corrected chi connectivity index (χ1v) is 8.58. The predicted molar refractivity (Wildman–Crippen MR) is 89.6 cm³/mol. The second-order valence-corrected chi connectivity index (χ2v) is 7.89. The van der Waals surface area contributed by atoms with Crippen molar-refractivity contribution in [2.75, 3.05) is 0 Å². The number of aliphatic hydroxyl groups is 2. The highest BCUT2D eigenvalue weighted by atomic mass is 16.5. The summed E-state index contributed by atoms with van der Waals surface area (Å²) in [6.45, 7) is 14.7. The van der Waals surface area contributed by atoms with Crippen molar-refractivity contribution in [1.29, 1.82) is 0 Å². The number of hydrogen-bond acceptors (Lipinski definition) is 4. The quantitative estimate of drug-likeness (QED) is 0.763. The van der Waals surface area contributed by atoms with Crippen molar-refractivity contribution in [2.45, 2.75) is 97.4 Å². The average Bonchev–Trinajstić information content (AvgIpc) is 2.25. The summed E-state index contributed by atoms with van der Waals surface area (Å²) >= 11 is 0. The molecule has 2 rings (SSSR count). The second-order valence-electron chi connectivity index (χ2n) is 7.89. The van der Waals surface area contributed by atoms with Crippen molar-refractivity contribution in [2.24, 2.45) is 11.8 Å². The van der Waals surface area contributed by atoms with Crippen LogP contribution >= 0.6 is 0 Å². The molecule has 0 aromatic rings. The minimum absolute atomic E-state index is 0.315. The Bertz CT molecular complexity index is 333. The van der Waals surface area contributed by atoms with Crippen molar-refractivity contribution in [3.05, 3.63) is 0 Å². The second kappa shape index (κ2) is 8.30. The van der Waals surface area contributed by atoms with E-state index in [1.807, 2.05) is 20.8 Å². The summed E-state index contributed by atoms with van der Waals surface area (Å²) < 4.78 is 5.21. The Morgan fingerprint density at radius 1 is 1.09 bits per heavy atom. The molecule has 2 saturated carbocycles. The van der Waals surface area contributed by atoms with E-state index in [9.17, 15) is 15.0 Å². The molecule has 0 aliphatic heterocycles. The van der Waals surface area contributed by atoms with E-state index in [0.29, 0.717) is 38.1 Å². The average molecular weight is 316 g/mol. The fourth-order valence-electron chi connectivity index (χ4n) is 4.07. The Labute approximate surface area is 136 Å². The number of carbonyl (C=O) groups is 1. The van der Waals surface area contributed by atoms with Crippen LogP contribution in [-0.4, -0.2) is 33.5 Å². The van der Waals surface area contributed by atoms with E-state index in [-0.39, 0.29) is 0 Å².